The number of rotatable bonds is 8. The van der Waals surface area contributed by atoms with Crippen molar-refractivity contribution in [2.24, 2.45) is 0 Å². The number of hydrogen-bond acceptors (Lipinski definition) is 5. The minimum Gasteiger partial charge on any atom is -0.493 e. The quantitative estimate of drug-likeness (QED) is 0.274. The highest BCUT2D eigenvalue weighted by molar-refractivity contribution is 8.45. The first kappa shape index (κ1) is 29.7. The molecular formula is C22H20F8N4O4S. The van der Waals surface area contributed by atoms with Crippen LogP contribution in [0.2, 0.25) is 0 Å². The summed E-state index contributed by atoms with van der Waals surface area (Å²) in [5.41, 5.74) is -1.76. The van der Waals surface area contributed by atoms with Crippen LogP contribution in [-0.4, -0.2) is 54.7 Å². The lowest BCUT2D eigenvalue weighted by Gasteiger charge is -2.40. The molecule has 2 amide bonds. The molecule has 0 saturated heterocycles. The highest BCUT2D eigenvalue weighted by atomic mass is 32.5. The molecule has 3 rings (SSSR count). The number of ether oxygens (including phenoxy) is 1. The highest BCUT2D eigenvalue weighted by Crippen LogP contribution is 3.02. The average Bonchev–Trinajstić information content (AvgIpc) is 3.10. The number of nitrogens with zero attached hydrogens (tertiary/aromatic N) is 1. The fourth-order valence-corrected chi connectivity index (χ4v) is 4.37. The Morgan fingerprint density at radius 1 is 1.05 bits per heavy atom. The van der Waals surface area contributed by atoms with E-state index in [1.165, 1.54) is 19.2 Å². The molecule has 3 N–H and O–H groups in total. The molecule has 39 heavy (non-hydrogen) atoms. The fraction of sp³-hybridized carbons (Fsp3) is 0.273. The number of anilines is 1. The van der Waals surface area contributed by atoms with Gasteiger partial charge in [0, 0.05) is 30.4 Å². The summed E-state index contributed by atoms with van der Waals surface area (Å²) in [7, 11) is -9.15. The zero-order valence-electron chi connectivity index (χ0n) is 20.0. The van der Waals surface area contributed by atoms with E-state index < -0.39 is 62.8 Å². The Labute approximate surface area is 215 Å². The Morgan fingerprint density at radius 2 is 1.69 bits per heavy atom. The van der Waals surface area contributed by atoms with E-state index in [9.17, 15) is 47.0 Å². The summed E-state index contributed by atoms with van der Waals surface area (Å²) >= 11 is 0. The topological polar surface area (TPSA) is 112 Å². The second-order valence-electron chi connectivity index (χ2n) is 8.31. The largest absolute Gasteiger partial charge is 0.493 e. The molecule has 0 saturated carbocycles. The van der Waals surface area contributed by atoms with Crippen LogP contribution in [-0.2, 0) is 11.3 Å². The van der Waals surface area contributed by atoms with Crippen LogP contribution in [0.3, 0.4) is 0 Å². The van der Waals surface area contributed by atoms with Gasteiger partial charge in [0.2, 0.25) is 0 Å². The number of nitrogens with one attached hydrogen (secondary N) is 3. The van der Waals surface area contributed by atoms with Crippen molar-refractivity contribution < 1.29 is 51.7 Å². The smallest absolute Gasteiger partial charge is 0.471 e. The molecule has 1 heterocycles. The second-order valence-corrected chi connectivity index (χ2v) is 10.7. The predicted octanol–water partition coefficient (Wildman–Crippen LogP) is 5.63. The maximum atomic E-state index is 13.5. The molecule has 0 spiro atoms. The molecule has 17 heteroatoms. The maximum absolute atomic E-state index is 13.5. The van der Waals surface area contributed by atoms with Crippen molar-refractivity contribution in [2.75, 3.05) is 25.5 Å². The Balaban J connectivity index is 1.97. The van der Waals surface area contributed by atoms with Crippen molar-refractivity contribution in [2.45, 2.75) is 24.5 Å². The van der Waals surface area contributed by atoms with Crippen molar-refractivity contribution in [3.05, 3.63) is 52.6 Å². The molecule has 0 bridgehead atoms. The summed E-state index contributed by atoms with van der Waals surface area (Å²) in [5.74, 6) is -4.74. The summed E-state index contributed by atoms with van der Waals surface area (Å²) < 4.78 is 111. The van der Waals surface area contributed by atoms with Gasteiger partial charge in [0.1, 0.15) is 16.5 Å². The van der Waals surface area contributed by atoms with E-state index in [4.69, 9.17) is 10.1 Å². The van der Waals surface area contributed by atoms with Gasteiger partial charge in [-0.1, -0.05) is 19.4 Å². The fourth-order valence-electron chi connectivity index (χ4n) is 3.67. The van der Waals surface area contributed by atoms with Crippen LogP contribution in [0.4, 0.5) is 38.3 Å². The van der Waals surface area contributed by atoms with Crippen LogP contribution in [0, 0.1) is 5.41 Å². The number of amidine groups is 1. The first-order chi connectivity index (χ1) is 17.6. The normalized spacial score (nSPS) is 15.2. The van der Waals surface area contributed by atoms with E-state index in [0.29, 0.717) is 11.6 Å². The van der Waals surface area contributed by atoms with Gasteiger partial charge in [-0.25, -0.2) is 0 Å². The third kappa shape index (κ3) is 6.58. The molecule has 0 fully saturated rings. The number of carbonyl (C=O) groups is 3. The molecule has 1 aliphatic rings. The number of benzene rings is 2. The lowest BCUT2D eigenvalue weighted by atomic mass is 10.0. The molecule has 214 valence electrons. The van der Waals surface area contributed by atoms with Gasteiger partial charge in [-0.05, 0) is 42.8 Å². The Morgan fingerprint density at radius 3 is 2.23 bits per heavy atom. The van der Waals surface area contributed by atoms with Crippen LogP contribution < -0.4 is 15.4 Å². The van der Waals surface area contributed by atoms with Gasteiger partial charge in [0.25, 0.3) is 5.91 Å². The maximum Gasteiger partial charge on any atom is 0.471 e. The molecule has 2 aromatic rings. The lowest BCUT2D eigenvalue weighted by molar-refractivity contribution is -0.167. The molecule has 0 aliphatic carbocycles. The molecule has 0 radical (unpaired) electrons. The predicted molar refractivity (Wildman–Crippen MR) is 125 cm³/mol. The Hall–Kier alpha value is -3.89. The van der Waals surface area contributed by atoms with Gasteiger partial charge >= 0.3 is 22.3 Å². The van der Waals surface area contributed by atoms with E-state index in [0.717, 1.165) is 10.2 Å². The number of fused-ring (bicyclic) bond motifs is 1. The second kappa shape index (κ2) is 9.10. The number of ketones is 1. The van der Waals surface area contributed by atoms with E-state index in [-0.39, 0.29) is 41.9 Å². The van der Waals surface area contributed by atoms with Crippen LogP contribution in [0.5, 0.6) is 5.75 Å². The third-order valence-corrected chi connectivity index (χ3v) is 6.56. The molecule has 1 aliphatic heterocycles. The highest BCUT2D eigenvalue weighted by Gasteiger charge is 2.65. The first-order valence-corrected chi connectivity index (χ1v) is 12.8. The monoisotopic (exact) mass is 588 g/mol. The number of amides is 2. The molecular weight excluding hydrogens is 568 g/mol. The van der Waals surface area contributed by atoms with Crippen molar-refractivity contribution in [3.8, 4) is 5.75 Å². The summed E-state index contributed by atoms with van der Waals surface area (Å²) in [6.07, 6.45) is -5.56. The minimum atomic E-state index is -10.5. The number of halogens is 8. The average molecular weight is 588 g/mol. The Bertz CT molecular complexity index is 1390. The van der Waals surface area contributed by atoms with Crippen LogP contribution in [0.1, 0.15) is 38.8 Å². The number of alkyl halides is 3. The Kier molecular flexibility index (Phi) is 6.92. The van der Waals surface area contributed by atoms with Crippen molar-refractivity contribution >= 4 is 39.3 Å². The van der Waals surface area contributed by atoms with Gasteiger partial charge in [0.15, 0.2) is 5.78 Å². The summed E-state index contributed by atoms with van der Waals surface area (Å²) in [6, 6.07) is 2.51. The lowest BCUT2D eigenvalue weighted by Crippen LogP contribution is -2.31. The first-order valence-electron chi connectivity index (χ1n) is 10.8. The van der Waals surface area contributed by atoms with Gasteiger partial charge in [-0.2, -0.15) is 13.2 Å². The number of Topliss-reactive ketones (excluding diaryl/α,β-unsaturated/α-hetero) is 1. The van der Waals surface area contributed by atoms with Gasteiger partial charge in [-0.3, -0.25) is 19.8 Å². The SMILES string of the molecule is CCOc1cc2c(cc1C(=O)NC)C(=N)N(CC(=O)c1cc(NC(=O)C(F)(F)F)cc(S(F)(F)(F)(F)F)c1)C2. The standard InChI is InChI=1S/C22H20F8N4O4S/c1-3-38-18-6-12-9-34(19(31)15(12)8-16(18)20(36)32-2)10-17(35)11-4-13(33-21(37)22(23,24)25)7-14(5-11)39(26,27,28,29)30/h4-8,31H,3,9-10H2,1-2H3,(H,32,36)(H,33,37). The van der Waals surface area contributed by atoms with Crippen LogP contribution >= 0.6 is 10.2 Å². The molecule has 8 nitrogen and oxygen atoms in total. The van der Waals surface area contributed by atoms with Crippen molar-refractivity contribution in [3.63, 3.8) is 0 Å². The molecule has 2 aromatic carbocycles. The molecule has 0 atom stereocenters. The van der Waals surface area contributed by atoms with E-state index >= 15 is 0 Å². The van der Waals surface area contributed by atoms with Crippen molar-refractivity contribution in [1.82, 2.24) is 10.2 Å². The van der Waals surface area contributed by atoms with Crippen LogP contribution in [0.25, 0.3) is 0 Å². The summed E-state index contributed by atoms with van der Waals surface area (Å²) in [5, 5.41) is 11.8. The zero-order valence-corrected chi connectivity index (χ0v) is 20.8. The molecule has 0 unspecified atom stereocenters. The van der Waals surface area contributed by atoms with Gasteiger partial charge in [0.05, 0.1) is 18.7 Å². The molecule has 0 aromatic heterocycles. The third-order valence-electron chi connectivity index (χ3n) is 5.43. The zero-order chi connectivity index (χ0) is 29.6. The van der Waals surface area contributed by atoms with Crippen LogP contribution in [0.15, 0.2) is 35.2 Å². The van der Waals surface area contributed by atoms with Crippen molar-refractivity contribution in [1.29, 1.82) is 5.41 Å². The summed E-state index contributed by atoms with van der Waals surface area (Å²) in [4.78, 5) is 34.6. The van der Waals surface area contributed by atoms with Gasteiger partial charge in [-0.15, -0.1) is 0 Å². The number of carbonyl (C=O) groups excluding carboxylic acids is 3. The minimum absolute atomic E-state index is 0.0599. The van der Waals surface area contributed by atoms with E-state index in [1.54, 1.807) is 6.92 Å². The summed E-state index contributed by atoms with van der Waals surface area (Å²) in [6.45, 7) is 0.828. The van der Waals surface area contributed by atoms with E-state index in [1.807, 2.05) is 0 Å². The van der Waals surface area contributed by atoms with E-state index in [2.05, 4.69) is 5.32 Å². The number of hydrogen-bond donors (Lipinski definition) is 3. The van der Waals surface area contributed by atoms with Gasteiger partial charge < -0.3 is 20.3 Å².